The Bertz CT molecular complexity index is 1040. The van der Waals surface area contributed by atoms with Crippen LogP contribution in [0.3, 0.4) is 0 Å². The van der Waals surface area contributed by atoms with Crippen molar-refractivity contribution in [3.8, 4) is 0 Å². The van der Waals surface area contributed by atoms with E-state index >= 15 is 0 Å². The minimum absolute atomic E-state index is 0.287. The van der Waals surface area contributed by atoms with Gasteiger partial charge in [-0.05, 0) is 36.4 Å². The van der Waals surface area contributed by atoms with Gasteiger partial charge in [0.1, 0.15) is 11.5 Å². The smallest absolute Gasteiger partial charge is 0.274 e. The molecule has 6 heteroatoms. The molecule has 0 fully saturated rings. The Morgan fingerprint density at radius 3 is 2.81 bits per heavy atom. The molecule has 4 aromatic rings. The summed E-state index contributed by atoms with van der Waals surface area (Å²) in [6.07, 6.45) is 4.93. The zero-order valence-electron chi connectivity index (χ0n) is 13.8. The highest BCUT2D eigenvalue weighted by atomic mass is 16.3. The van der Waals surface area contributed by atoms with Crippen LogP contribution in [0.4, 0.5) is 11.4 Å². The average Bonchev–Trinajstić information content (AvgIpc) is 3.20. The number of carbonyl (C=O) groups is 1. The summed E-state index contributed by atoms with van der Waals surface area (Å²) in [7, 11) is 0. The Hall–Kier alpha value is -3.67. The molecule has 2 N–H and O–H groups in total. The van der Waals surface area contributed by atoms with E-state index in [0.29, 0.717) is 17.9 Å². The maximum atomic E-state index is 12.6. The van der Waals surface area contributed by atoms with Crippen molar-refractivity contribution in [1.82, 2.24) is 9.97 Å². The first kappa shape index (κ1) is 15.8. The third kappa shape index (κ3) is 3.39. The molecule has 0 saturated heterocycles. The van der Waals surface area contributed by atoms with Crippen LogP contribution >= 0.6 is 0 Å². The number of furan rings is 1. The maximum Gasteiger partial charge on any atom is 0.274 e. The molecule has 0 atom stereocenters. The Labute approximate surface area is 149 Å². The van der Waals surface area contributed by atoms with Gasteiger partial charge in [0.2, 0.25) is 0 Å². The molecular weight excluding hydrogens is 328 g/mol. The van der Waals surface area contributed by atoms with Crippen molar-refractivity contribution in [2.24, 2.45) is 0 Å². The third-order valence-corrected chi connectivity index (χ3v) is 3.92. The predicted octanol–water partition coefficient (Wildman–Crippen LogP) is 4.09. The van der Waals surface area contributed by atoms with Gasteiger partial charge in [-0.2, -0.15) is 0 Å². The Balaban J connectivity index is 1.51. The highest BCUT2D eigenvalue weighted by Crippen LogP contribution is 2.21. The second kappa shape index (κ2) is 7.06. The SMILES string of the molecule is O=C(Nc1cccc2cccnc12)c1cc(NCc2ccco2)ccn1. The third-order valence-electron chi connectivity index (χ3n) is 3.92. The van der Waals surface area contributed by atoms with E-state index in [2.05, 4.69) is 20.6 Å². The number of carbonyl (C=O) groups excluding carboxylic acids is 1. The molecular formula is C20H16N4O2. The highest BCUT2D eigenvalue weighted by molar-refractivity contribution is 6.07. The topological polar surface area (TPSA) is 80.0 Å². The van der Waals surface area contributed by atoms with Crippen molar-refractivity contribution < 1.29 is 9.21 Å². The fourth-order valence-electron chi connectivity index (χ4n) is 2.66. The van der Waals surface area contributed by atoms with E-state index < -0.39 is 0 Å². The number of rotatable bonds is 5. The van der Waals surface area contributed by atoms with Crippen molar-refractivity contribution in [2.75, 3.05) is 10.6 Å². The summed E-state index contributed by atoms with van der Waals surface area (Å²) in [4.78, 5) is 21.1. The van der Waals surface area contributed by atoms with Crippen LogP contribution in [0.2, 0.25) is 0 Å². The van der Waals surface area contributed by atoms with E-state index in [0.717, 1.165) is 22.4 Å². The molecule has 6 nitrogen and oxygen atoms in total. The Kier molecular flexibility index (Phi) is 4.30. The molecule has 128 valence electrons. The van der Waals surface area contributed by atoms with Crippen LogP contribution in [0.1, 0.15) is 16.2 Å². The van der Waals surface area contributed by atoms with Gasteiger partial charge in [-0.1, -0.05) is 18.2 Å². The van der Waals surface area contributed by atoms with Gasteiger partial charge in [-0.3, -0.25) is 14.8 Å². The minimum atomic E-state index is -0.287. The zero-order chi connectivity index (χ0) is 17.8. The standard InChI is InChI=1S/C20H16N4O2/c25-20(24-17-7-1-4-14-5-2-9-22-19(14)17)18-12-15(8-10-21-18)23-13-16-6-3-11-26-16/h1-12H,13H2,(H,21,23)(H,24,25). The van der Waals surface area contributed by atoms with Crippen molar-refractivity contribution >= 4 is 28.2 Å². The van der Waals surface area contributed by atoms with Crippen LogP contribution in [0, 0.1) is 0 Å². The first-order valence-electron chi connectivity index (χ1n) is 8.17. The van der Waals surface area contributed by atoms with Gasteiger partial charge >= 0.3 is 0 Å². The number of amides is 1. The quantitative estimate of drug-likeness (QED) is 0.570. The number of aromatic nitrogens is 2. The predicted molar refractivity (Wildman–Crippen MR) is 100.0 cm³/mol. The van der Waals surface area contributed by atoms with Crippen molar-refractivity contribution in [3.05, 3.63) is 84.7 Å². The number of anilines is 2. The van der Waals surface area contributed by atoms with E-state index in [4.69, 9.17) is 4.42 Å². The van der Waals surface area contributed by atoms with E-state index in [1.165, 1.54) is 0 Å². The summed E-state index contributed by atoms with van der Waals surface area (Å²) in [5, 5.41) is 7.06. The van der Waals surface area contributed by atoms with Gasteiger partial charge in [0.25, 0.3) is 5.91 Å². The number of hydrogen-bond acceptors (Lipinski definition) is 5. The lowest BCUT2D eigenvalue weighted by Gasteiger charge is -2.09. The summed E-state index contributed by atoms with van der Waals surface area (Å²) in [5.41, 5.74) is 2.51. The molecule has 0 aliphatic rings. The summed E-state index contributed by atoms with van der Waals surface area (Å²) < 4.78 is 5.29. The average molecular weight is 344 g/mol. The van der Waals surface area contributed by atoms with Gasteiger partial charge in [0, 0.05) is 23.5 Å². The van der Waals surface area contributed by atoms with Gasteiger partial charge < -0.3 is 15.1 Å². The molecule has 0 spiro atoms. The largest absolute Gasteiger partial charge is 0.467 e. The van der Waals surface area contributed by atoms with Crippen molar-refractivity contribution in [3.63, 3.8) is 0 Å². The van der Waals surface area contributed by atoms with E-state index in [-0.39, 0.29) is 5.91 Å². The van der Waals surface area contributed by atoms with Crippen LogP contribution in [-0.4, -0.2) is 15.9 Å². The fourth-order valence-corrected chi connectivity index (χ4v) is 2.66. The van der Waals surface area contributed by atoms with Crippen LogP contribution in [0.5, 0.6) is 0 Å². The Morgan fingerprint density at radius 2 is 1.92 bits per heavy atom. The second-order valence-corrected chi connectivity index (χ2v) is 5.70. The van der Waals surface area contributed by atoms with Crippen molar-refractivity contribution in [2.45, 2.75) is 6.54 Å². The molecule has 0 aliphatic heterocycles. The Morgan fingerprint density at radius 1 is 1.00 bits per heavy atom. The molecule has 1 aromatic carbocycles. The molecule has 3 heterocycles. The molecule has 4 rings (SSSR count). The van der Waals surface area contributed by atoms with E-state index in [1.54, 1.807) is 30.8 Å². The van der Waals surface area contributed by atoms with Crippen LogP contribution in [-0.2, 0) is 6.54 Å². The second-order valence-electron chi connectivity index (χ2n) is 5.70. The molecule has 0 aliphatic carbocycles. The highest BCUT2D eigenvalue weighted by Gasteiger charge is 2.11. The first-order valence-corrected chi connectivity index (χ1v) is 8.17. The number of nitrogens with zero attached hydrogens (tertiary/aromatic N) is 2. The molecule has 0 unspecified atom stereocenters. The van der Waals surface area contributed by atoms with Crippen molar-refractivity contribution in [1.29, 1.82) is 0 Å². The first-order chi connectivity index (χ1) is 12.8. The lowest BCUT2D eigenvalue weighted by atomic mass is 10.2. The molecule has 26 heavy (non-hydrogen) atoms. The van der Waals surface area contributed by atoms with Gasteiger partial charge in [-0.15, -0.1) is 0 Å². The van der Waals surface area contributed by atoms with Crippen LogP contribution < -0.4 is 10.6 Å². The van der Waals surface area contributed by atoms with Gasteiger partial charge in [0.05, 0.1) is 24.0 Å². The number of para-hydroxylation sites is 1. The maximum absolute atomic E-state index is 12.6. The lowest BCUT2D eigenvalue weighted by Crippen LogP contribution is -2.14. The fraction of sp³-hybridized carbons (Fsp3) is 0.0500. The molecule has 0 bridgehead atoms. The molecule has 3 aromatic heterocycles. The summed E-state index contributed by atoms with van der Waals surface area (Å²) in [6, 6.07) is 16.7. The monoisotopic (exact) mass is 344 g/mol. The molecule has 0 saturated carbocycles. The minimum Gasteiger partial charge on any atom is -0.467 e. The number of nitrogens with one attached hydrogen (secondary N) is 2. The van der Waals surface area contributed by atoms with Crippen LogP contribution in [0.25, 0.3) is 10.9 Å². The van der Waals surface area contributed by atoms with Gasteiger partial charge in [-0.25, -0.2) is 0 Å². The van der Waals surface area contributed by atoms with Crippen LogP contribution in [0.15, 0.2) is 77.7 Å². The number of pyridine rings is 2. The number of hydrogen-bond donors (Lipinski definition) is 2. The van der Waals surface area contributed by atoms with Gasteiger partial charge in [0.15, 0.2) is 0 Å². The summed E-state index contributed by atoms with van der Waals surface area (Å²) in [6.45, 7) is 0.533. The normalized spacial score (nSPS) is 10.6. The lowest BCUT2D eigenvalue weighted by molar-refractivity contribution is 0.102. The number of benzene rings is 1. The molecule has 1 amide bonds. The van der Waals surface area contributed by atoms with E-state index in [9.17, 15) is 4.79 Å². The van der Waals surface area contributed by atoms with E-state index in [1.807, 2.05) is 42.5 Å². The molecule has 0 radical (unpaired) electrons. The summed E-state index contributed by atoms with van der Waals surface area (Å²) >= 11 is 0. The zero-order valence-corrected chi connectivity index (χ0v) is 13.8. The summed E-state index contributed by atoms with van der Waals surface area (Å²) in [5.74, 6) is 0.527. The number of fused-ring (bicyclic) bond motifs is 1.